The largest absolute Gasteiger partial charge is 0.444 e. The molecule has 1 aliphatic heterocycles. The van der Waals surface area contributed by atoms with Gasteiger partial charge in [-0.05, 0) is 69.6 Å². The van der Waals surface area contributed by atoms with Crippen molar-refractivity contribution in [1.82, 2.24) is 19.4 Å². The number of allylic oxidation sites excluding steroid dienone is 2. The van der Waals surface area contributed by atoms with Crippen LogP contribution in [-0.4, -0.2) is 44.2 Å². The molecule has 1 amide bonds. The molecule has 0 saturated carbocycles. The summed E-state index contributed by atoms with van der Waals surface area (Å²) >= 11 is 0. The summed E-state index contributed by atoms with van der Waals surface area (Å²) < 4.78 is 21.7. The van der Waals surface area contributed by atoms with E-state index in [4.69, 9.17) is 10.5 Å². The van der Waals surface area contributed by atoms with Crippen LogP contribution in [0.3, 0.4) is 0 Å². The number of halogens is 1. The van der Waals surface area contributed by atoms with Gasteiger partial charge in [-0.25, -0.2) is 19.2 Å². The summed E-state index contributed by atoms with van der Waals surface area (Å²) in [5.41, 5.74) is 9.37. The number of carbonyl (C=O) groups is 1. The van der Waals surface area contributed by atoms with Gasteiger partial charge in [0.2, 0.25) is 0 Å². The molecule has 3 heterocycles. The SMILES string of the molecule is Cn1c(C2CN(C(=O)OC(C)(C)C)CCC23CC=CCC3)c(-c2ccc(F)cc2)c2c(N)ncnc21. The van der Waals surface area contributed by atoms with E-state index in [0.29, 0.717) is 18.9 Å². The Kier molecular flexibility index (Phi) is 6.01. The van der Waals surface area contributed by atoms with Crippen LogP contribution in [0.25, 0.3) is 22.2 Å². The highest BCUT2D eigenvalue weighted by Gasteiger charge is 2.47. The Bertz CT molecular complexity index is 1320. The van der Waals surface area contributed by atoms with Gasteiger partial charge in [-0.3, -0.25) is 0 Å². The number of ether oxygens (including phenoxy) is 1. The zero-order valence-corrected chi connectivity index (χ0v) is 21.4. The Balaban J connectivity index is 1.71. The van der Waals surface area contributed by atoms with Crippen molar-refractivity contribution in [2.75, 3.05) is 18.8 Å². The van der Waals surface area contributed by atoms with Crippen LogP contribution in [0.15, 0.2) is 42.7 Å². The number of fused-ring (bicyclic) bond motifs is 1. The lowest BCUT2D eigenvalue weighted by molar-refractivity contribution is 0.00134. The standard InChI is InChI=1S/C28H34FN5O2/c1-27(2,3)36-26(35)34-15-14-28(12-6-5-7-13-28)20(16-34)23-21(18-8-10-19(29)11-9-18)22-24(30)31-17-32-25(22)33(23)4/h5-6,8-11,17,20H,7,12-16H2,1-4H3,(H2,30,31,32). The van der Waals surface area contributed by atoms with Crippen molar-refractivity contribution in [3.8, 4) is 11.1 Å². The Hall–Kier alpha value is -3.42. The minimum Gasteiger partial charge on any atom is -0.444 e. The van der Waals surface area contributed by atoms with E-state index in [1.165, 1.54) is 18.5 Å². The van der Waals surface area contributed by atoms with Crippen LogP contribution in [0.4, 0.5) is 15.0 Å². The Morgan fingerprint density at radius 1 is 1.17 bits per heavy atom. The van der Waals surface area contributed by atoms with Crippen molar-refractivity contribution in [1.29, 1.82) is 0 Å². The Morgan fingerprint density at radius 2 is 1.92 bits per heavy atom. The third-order valence-corrected chi connectivity index (χ3v) is 7.68. The number of aryl methyl sites for hydroxylation is 1. The molecule has 1 aromatic carbocycles. The number of carbonyl (C=O) groups excluding carboxylic acids is 1. The van der Waals surface area contributed by atoms with Gasteiger partial charge in [0.25, 0.3) is 0 Å². The van der Waals surface area contributed by atoms with Crippen molar-refractivity contribution in [2.45, 2.75) is 58.0 Å². The molecule has 1 fully saturated rings. The van der Waals surface area contributed by atoms with Crippen LogP contribution in [0, 0.1) is 11.2 Å². The van der Waals surface area contributed by atoms with Crippen LogP contribution in [0.2, 0.25) is 0 Å². The molecule has 0 radical (unpaired) electrons. The first-order chi connectivity index (χ1) is 17.1. The molecule has 1 aliphatic carbocycles. The average molecular weight is 492 g/mol. The third-order valence-electron chi connectivity index (χ3n) is 7.68. The maximum atomic E-state index is 13.9. The van der Waals surface area contributed by atoms with Gasteiger partial charge in [0.1, 0.15) is 29.2 Å². The molecule has 7 nitrogen and oxygen atoms in total. The monoisotopic (exact) mass is 491 g/mol. The predicted octanol–water partition coefficient (Wildman–Crippen LogP) is 5.81. The minimum absolute atomic E-state index is 0.00220. The second-order valence-corrected chi connectivity index (χ2v) is 11.1. The summed E-state index contributed by atoms with van der Waals surface area (Å²) in [5.74, 6) is 0.0911. The number of hydrogen-bond donors (Lipinski definition) is 1. The van der Waals surface area contributed by atoms with Crippen molar-refractivity contribution in [3.05, 3.63) is 54.3 Å². The molecule has 5 rings (SSSR count). The number of anilines is 1. The fourth-order valence-corrected chi connectivity index (χ4v) is 5.97. The van der Waals surface area contributed by atoms with Gasteiger partial charge in [0.05, 0.1) is 5.39 Å². The second-order valence-electron chi connectivity index (χ2n) is 11.1. The molecule has 2 atom stereocenters. The molecule has 8 heteroatoms. The molecule has 1 saturated heterocycles. The van der Waals surface area contributed by atoms with Gasteiger partial charge in [-0.1, -0.05) is 24.3 Å². The van der Waals surface area contributed by atoms with Gasteiger partial charge in [0, 0.05) is 37.3 Å². The average Bonchev–Trinajstić information content (AvgIpc) is 3.13. The van der Waals surface area contributed by atoms with E-state index in [9.17, 15) is 9.18 Å². The number of amides is 1. The number of nitrogen functional groups attached to an aromatic ring is 1. The molecule has 2 N–H and O–H groups in total. The molecule has 0 bridgehead atoms. The van der Waals surface area contributed by atoms with E-state index in [1.807, 2.05) is 32.7 Å². The van der Waals surface area contributed by atoms with Crippen molar-refractivity contribution in [2.24, 2.45) is 12.5 Å². The highest BCUT2D eigenvalue weighted by molar-refractivity contribution is 6.02. The lowest BCUT2D eigenvalue weighted by Gasteiger charge is -2.49. The molecule has 2 aliphatic rings. The van der Waals surface area contributed by atoms with E-state index < -0.39 is 5.60 Å². The Morgan fingerprint density at radius 3 is 2.58 bits per heavy atom. The van der Waals surface area contributed by atoms with Gasteiger partial charge in [-0.2, -0.15) is 0 Å². The van der Waals surface area contributed by atoms with Crippen LogP contribution < -0.4 is 5.73 Å². The summed E-state index contributed by atoms with van der Waals surface area (Å²) in [6.45, 7) is 6.83. The fraction of sp³-hybridized carbons (Fsp3) is 0.464. The molecular formula is C28H34FN5O2. The normalized spacial score (nSPS) is 22.4. The number of aromatic nitrogens is 3. The van der Waals surface area contributed by atoms with E-state index in [1.54, 1.807) is 12.1 Å². The van der Waals surface area contributed by atoms with Crippen LogP contribution >= 0.6 is 0 Å². The summed E-state index contributed by atoms with van der Waals surface area (Å²) in [6.07, 6.45) is 9.53. The fourth-order valence-electron chi connectivity index (χ4n) is 5.97. The lowest BCUT2D eigenvalue weighted by Crippen LogP contribution is -2.50. The van der Waals surface area contributed by atoms with Crippen LogP contribution in [0.5, 0.6) is 0 Å². The lowest BCUT2D eigenvalue weighted by atomic mass is 9.62. The van der Waals surface area contributed by atoms with Crippen LogP contribution in [-0.2, 0) is 11.8 Å². The highest BCUT2D eigenvalue weighted by Crippen LogP contribution is 2.54. The van der Waals surface area contributed by atoms with E-state index >= 15 is 0 Å². The topological polar surface area (TPSA) is 86.3 Å². The van der Waals surface area contributed by atoms with Crippen molar-refractivity contribution in [3.63, 3.8) is 0 Å². The van der Waals surface area contributed by atoms with Crippen molar-refractivity contribution >= 4 is 22.9 Å². The third kappa shape index (κ3) is 4.22. The number of nitrogens with zero attached hydrogens (tertiary/aromatic N) is 4. The number of rotatable bonds is 2. The van der Waals surface area contributed by atoms with E-state index in [0.717, 1.165) is 53.5 Å². The van der Waals surface area contributed by atoms with Crippen molar-refractivity contribution < 1.29 is 13.9 Å². The highest BCUT2D eigenvalue weighted by atomic mass is 19.1. The summed E-state index contributed by atoms with van der Waals surface area (Å²) in [6, 6.07) is 6.49. The number of hydrogen-bond acceptors (Lipinski definition) is 5. The van der Waals surface area contributed by atoms with Crippen LogP contribution in [0.1, 0.15) is 58.1 Å². The quantitative estimate of drug-likeness (QED) is 0.457. The predicted molar refractivity (Wildman–Crippen MR) is 139 cm³/mol. The molecule has 2 aromatic heterocycles. The summed E-state index contributed by atoms with van der Waals surface area (Å²) in [7, 11) is 2.00. The van der Waals surface area contributed by atoms with E-state index in [-0.39, 0.29) is 23.2 Å². The molecule has 190 valence electrons. The summed E-state index contributed by atoms with van der Waals surface area (Å²) in [5, 5.41) is 0.762. The molecular weight excluding hydrogens is 457 g/mol. The first-order valence-electron chi connectivity index (χ1n) is 12.6. The molecule has 2 unspecified atom stereocenters. The van der Waals surface area contributed by atoms with Gasteiger partial charge >= 0.3 is 6.09 Å². The second kappa shape index (κ2) is 8.91. The van der Waals surface area contributed by atoms with Gasteiger partial charge < -0.3 is 19.9 Å². The first kappa shape index (κ1) is 24.3. The number of likely N-dealkylation sites (tertiary alicyclic amines) is 1. The number of piperidine rings is 1. The first-order valence-corrected chi connectivity index (χ1v) is 12.6. The zero-order valence-electron chi connectivity index (χ0n) is 21.4. The number of benzene rings is 1. The number of nitrogens with two attached hydrogens (primary N) is 1. The zero-order chi connectivity index (χ0) is 25.7. The molecule has 36 heavy (non-hydrogen) atoms. The molecule has 3 aromatic rings. The molecule has 1 spiro atoms. The van der Waals surface area contributed by atoms with Gasteiger partial charge in [0.15, 0.2) is 0 Å². The minimum atomic E-state index is -0.571. The van der Waals surface area contributed by atoms with Gasteiger partial charge in [-0.15, -0.1) is 0 Å². The summed E-state index contributed by atoms with van der Waals surface area (Å²) in [4.78, 5) is 23.9. The smallest absolute Gasteiger partial charge is 0.410 e. The Labute approximate surface area is 211 Å². The van der Waals surface area contributed by atoms with E-state index in [2.05, 4.69) is 26.7 Å². The maximum absolute atomic E-state index is 13.9. The maximum Gasteiger partial charge on any atom is 0.410 e.